The molecular weight excluding hydrogens is 256 g/mol. The molecule has 5 heteroatoms. The van der Waals surface area contributed by atoms with Gasteiger partial charge in [-0.3, -0.25) is 9.59 Å². The molecule has 0 aromatic carbocycles. The Morgan fingerprint density at radius 2 is 2.10 bits per heavy atom. The Bertz CT molecular complexity index is 336. The first-order valence-electron chi connectivity index (χ1n) is 7.86. The third-order valence-electron chi connectivity index (χ3n) is 4.08. The predicted molar refractivity (Wildman–Crippen MR) is 76.2 cm³/mol. The van der Waals surface area contributed by atoms with Crippen LogP contribution in [-0.2, 0) is 14.3 Å². The first-order valence-corrected chi connectivity index (χ1v) is 7.86. The first kappa shape index (κ1) is 15.3. The van der Waals surface area contributed by atoms with Crippen molar-refractivity contribution < 1.29 is 14.3 Å². The van der Waals surface area contributed by atoms with E-state index < -0.39 is 0 Å². The average Bonchev–Trinajstić information content (AvgIpc) is 3.28. The Morgan fingerprint density at radius 3 is 2.70 bits per heavy atom. The summed E-state index contributed by atoms with van der Waals surface area (Å²) in [6.07, 6.45) is 5.95. The van der Waals surface area contributed by atoms with Gasteiger partial charge in [-0.05, 0) is 58.0 Å². The lowest BCUT2D eigenvalue weighted by molar-refractivity contribution is -0.149. The van der Waals surface area contributed by atoms with Crippen LogP contribution >= 0.6 is 0 Å². The molecule has 1 unspecified atom stereocenters. The Kier molecular flexibility index (Phi) is 5.83. The van der Waals surface area contributed by atoms with Crippen LogP contribution in [0.2, 0.25) is 0 Å². The summed E-state index contributed by atoms with van der Waals surface area (Å²) >= 11 is 0. The molecule has 1 atom stereocenters. The van der Waals surface area contributed by atoms with Crippen LogP contribution in [0.4, 0.5) is 0 Å². The highest BCUT2D eigenvalue weighted by atomic mass is 16.5. The van der Waals surface area contributed by atoms with Gasteiger partial charge in [-0.2, -0.15) is 0 Å². The van der Waals surface area contributed by atoms with Gasteiger partial charge in [0.25, 0.3) is 0 Å². The predicted octanol–water partition coefficient (Wildman–Crippen LogP) is 1.32. The number of amides is 1. The Hall–Kier alpha value is -1.10. The van der Waals surface area contributed by atoms with E-state index in [0.29, 0.717) is 18.9 Å². The molecule has 0 aromatic rings. The zero-order valence-corrected chi connectivity index (χ0v) is 12.4. The molecule has 0 aromatic heterocycles. The topological polar surface area (TPSA) is 58.6 Å². The summed E-state index contributed by atoms with van der Waals surface area (Å²) in [5.74, 6) is 0.439. The molecule has 1 saturated heterocycles. The molecule has 0 bridgehead atoms. The van der Waals surface area contributed by atoms with Crippen molar-refractivity contribution in [2.24, 2.45) is 5.92 Å². The van der Waals surface area contributed by atoms with E-state index in [1.165, 1.54) is 12.8 Å². The molecule has 0 spiro atoms. The number of carbonyl (C=O) groups excluding carboxylic acids is 2. The van der Waals surface area contributed by atoms with Gasteiger partial charge in [-0.15, -0.1) is 0 Å². The number of rotatable bonds is 7. The summed E-state index contributed by atoms with van der Waals surface area (Å²) in [6, 6.07) is 0.274. The van der Waals surface area contributed by atoms with Crippen LogP contribution in [0.5, 0.6) is 0 Å². The molecule has 1 aliphatic heterocycles. The van der Waals surface area contributed by atoms with Crippen molar-refractivity contribution in [2.75, 3.05) is 26.2 Å². The monoisotopic (exact) mass is 282 g/mol. The Balaban J connectivity index is 1.76. The maximum atomic E-state index is 12.3. The van der Waals surface area contributed by atoms with Gasteiger partial charge in [0.1, 0.15) is 6.54 Å². The smallest absolute Gasteiger partial charge is 0.325 e. The number of ether oxygens (including phenoxy) is 1. The Labute approximate surface area is 121 Å². The minimum absolute atomic E-state index is 0.117. The highest BCUT2D eigenvalue weighted by Crippen LogP contribution is 2.28. The van der Waals surface area contributed by atoms with Crippen molar-refractivity contribution in [3.05, 3.63) is 0 Å². The molecule has 20 heavy (non-hydrogen) atoms. The van der Waals surface area contributed by atoms with E-state index in [1.54, 1.807) is 11.8 Å². The highest BCUT2D eigenvalue weighted by Gasteiger charge is 2.34. The van der Waals surface area contributed by atoms with E-state index in [1.807, 2.05) is 0 Å². The summed E-state index contributed by atoms with van der Waals surface area (Å²) < 4.78 is 4.95. The molecule has 2 rings (SSSR count). The lowest BCUT2D eigenvalue weighted by atomic mass is 9.94. The van der Waals surface area contributed by atoms with Crippen molar-refractivity contribution >= 4 is 11.9 Å². The second kappa shape index (κ2) is 7.62. The number of hydrogen-bond donors (Lipinski definition) is 1. The van der Waals surface area contributed by atoms with Crippen LogP contribution in [0, 0.1) is 5.92 Å². The van der Waals surface area contributed by atoms with Crippen LogP contribution in [0.15, 0.2) is 0 Å². The number of carbonyl (C=O) groups is 2. The van der Waals surface area contributed by atoms with Gasteiger partial charge in [0.15, 0.2) is 0 Å². The van der Waals surface area contributed by atoms with Gasteiger partial charge in [0, 0.05) is 12.5 Å². The van der Waals surface area contributed by atoms with E-state index in [-0.39, 0.29) is 24.5 Å². The maximum Gasteiger partial charge on any atom is 0.325 e. The van der Waals surface area contributed by atoms with Gasteiger partial charge in [-0.25, -0.2) is 0 Å². The number of nitrogens with zero attached hydrogens (tertiary/aromatic N) is 1. The fourth-order valence-corrected chi connectivity index (χ4v) is 2.79. The molecule has 1 saturated carbocycles. The third-order valence-corrected chi connectivity index (χ3v) is 4.08. The standard InChI is InChI=1S/C15H26N2O3/c1-2-20-15(19)11-17(13-6-7-13)14(18)8-5-12-4-3-9-16-10-12/h12-13,16H,2-11H2,1H3. The van der Waals surface area contributed by atoms with Crippen molar-refractivity contribution in [3.8, 4) is 0 Å². The fraction of sp³-hybridized carbons (Fsp3) is 0.867. The number of esters is 1. The number of nitrogens with one attached hydrogen (secondary N) is 1. The fourth-order valence-electron chi connectivity index (χ4n) is 2.79. The van der Waals surface area contributed by atoms with Crippen molar-refractivity contribution in [1.82, 2.24) is 10.2 Å². The van der Waals surface area contributed by atoms with Crippen LogP contribution in [-0.4, -0.2) is 49.1 Å². The van der Waals surface area contributed by atoms with Crippen LogP contribution in [0.1, 0.15) is 45.4 Å². The molecular formula is C15H26N2O3. The first-order chi connectivity index (χ1) is 9.70. The second-order valence-corrected chi connectivity index (χ2v) is 5.81. The lowest BCUT2D eigenvalue weighted by Gasteiger charge is -2.25. The highest BCUT2D eigenvalue weighted by molar-refractivity contribution is 5.82. The van der Waals surface area contributed by atoms with Crippen molar-refractivity contribution in [1.29, 1.82) is 0 Å². The van der Waals surface area contributed by atoms with Crippen LogP contribution < -0.4 is 5.32 Å². The molecule has 5 nitrogen and oxygen atoms in total. The maximum absolute atomic E-state index is 12.3. The summed E-state index contributed by atoms with van der Waals surface area (Å²) in [4.78, 5) is 25.6. The van der Waals surface area contributed by atoms with E-state index in [0.717, 1.165) is 32.4 Å². The molecule has 2 aliphatic rings. The van der Waals surface area contributed by atoms with Crippen molar-refractivity contribution in [3.63, 3.8) is 0 Å². The molecule has 1 amide bonds. The minimum Gasteiger partial charge on any atom is -0.465 e. The molecule has 1 aliphatic carbocycles. The van der Waals surface area contributed by atoms with Gasteiger partial charge in [0.05, 0.1) is 6.61 Å². The summed E-state index contributed by atoms with van der Waals surface area (Å²) in [7, 11) is 0. The number of piperidine rings is 1. The number of hydrogen-bond acceptors (Lipinski definition) is 4. The van der Waals surface area contributed by atoms with E-state index in [4.69, 9.17) is 4.74 Å². The third kappa shape index (κ3) is 4.78. The minimum atomic E-state index is -0.285. The quantitative estimate of drug-likeness (QED) is 0.716. The Morgan fingerprint density at radius 1 is 1.30 bits per heavy atom. The second-order valence-electron chi connectivity index (χ2n) is 5.81. The van der Waals surface area contributed by atoms with Crippen LogP contribution in [0.3, 0.4) is 0 Å². The molecule has 1 heterocycles. The zero-order chi connectivity index (χ0) is 14.4. The van der Waals surface area contributed by atoms with E-state index in [9.17, 15) is 9.59 Å². The molecule has 0 radical (unpaired) electrons. The van der Waals surface area contributed by atoms with Gasteiger partial charge in [-0.1, -0.05) is 0 Å². The van der Waals surface area contributed by atoms with Gasteiger partial charge < -0.3 is 15.0 Å². The van der Waals surface area contributed by atoms with Crippen molar-refractivity contribution in [2.45, 2.75) is 51.5 Å². The normalized spacial score (nSPS) is 22.4. The molecule has 114 valence electrons. The van der Waals surface area contributed by atoms with Crippen LogP contribution in [0.25, 0.3) is 0 Å². The van der Waals surface area contributed by atoms with Gasteiger partial charge >= 0.3 is 5.97 Å². The SMILES string of the molecule is CCOC(=O)CN(C(=O)CCC1CCCNC1)C1CC1. The molecule has 2 fully saturated rings. The zero-order valence-electron chi connectivity index (χ0n) is 12.4. The average molecular weight is 282 g/mol. The van der Waals surface area contributed by atoms with Gasteiger partial charge in [0.2, 0.25) is 5.91 Å². The lowest BCUT2D eigenvalue weighted by Crippen LogP contribution is -2.38. The van der Waals surface area contributed by atoms with E-state index >= 15 is 0 Å². The molecule has 1 N–H and O–H groups in total. The largest absolute Gasteiger partial charge is 0.465 e. The summed E-state index contributed by atoms with van der Waals surface area (Å²) in [5, 5.41) is 3.37. The van der Waals surface area contributed by atoms with E-state index in [2.05, 4.69) is 5.32 Å². The summed E-state index contributed by atoms with van der Waals surface area (Å²) in [5.41, 5.74) is 0. The summed E-state index contributed by atoms with van der Waals surface area (Å²) in [6.45, 7) is 4.41.